The monoisotopic (exact) mass is 262 g/mol. The largest absolute Gasteiger partial charge is 0.505 e. The van der Waals surface area contributed by atoms with Gasteiger partial charge in [0.25, 0.3) is 5.56 Å². The van der Waals surface area contributed by atoms with Crippen molar-refractivity contribution in [3.63, 3.8) is 0 Å². The van der Waals surface area contributed by atoms with Gasteiger partial charge in [0, 0.05) is 10.4 Å². The maximum Gasteiger partial charge on any atom is 0.278 e. The molecule has 0 radical (unpaired) electrons. The van der Waals surface area contributed by atoms with Crippen LogP contribution in [0.2, 0.25) is 5.02 Å². The number of halogens is 1. The molecule has 2 aromatic heterocycles. The van der Waals surface area contributed by atoms with Gasteiger partial charge in [0.05, 0.1) is 5.52 Å². The minimum atomic E-state index is -0.465. The van der Waals surface area contributed by atoms with Gasteiger partial charge in [-0.05, 0) is 18.2 Å². The molecule has 0 unspecified atom stereocenters. The van der Waals surface area contributed by atoms with Crippen molar-refractivity contribution >= 4 is 22.5 Å². The third-order valence-electron chi connectivity index (χ3n) is 2.57. The van der Waals surface area contributed by atoms with E-state index in [1.165, 1.54) is 17.3 Å². The molecule has 0 saturated heterocycles. The van der Waals surface area contributed by atoms with E-state index < -0.39 is 5.56 Å². The van der Waals surface area contributed by atoms with Crippen LogP contribution in [-0.2, 0) is 0 Å². The normalized spacial score (nSPS) is 10.9. The van der Waals surface area contributed by atoms with Gasteiger partial charge in [0.15, 0.2) is 11.4 Å². The topological polar surface area (TPSA) is 83.8 Å². The van der Waals surface area contributed by atoms with Crippen LogP contribution < -0.4 is 5.56 Å². The highest BCUT2D eigenvalue weighted by molar-refractivity contribution is 6.31. The Hall–Kier alpha value is -2.34. The molecule has 3 aromatic rings. The van der Waals surface area contributed by atoms with Crippen molar-refractivity contribution in [1.29, 1.82) is 0 Å². The first-order valence-electron chi connectivity index (χ1n) is 5.06. The van der Waals surface area contributed by atoms with Gasteiger partial charge in [0.2, 0.25) is 0 Å². The first kappa shape index (κ1) is 10.8. The summed E-state index contributed by atoms with van der Waals surface area (Å²) in [5, 5.41) is 14.9. The number of H-pyrrole nitrogens is 1. The number of aromatic hydroxyl groups is 1. The molecule has 7 heteroatoms. The van der Waals surface area contributed by atoms with E-state index in [0.717, 1.165) is 0 Å². The van der Waals surface area contributed by atoms with Crippen molar-refractivity contribution in [2.45, 2.75) is 0 Å². The van der Waals surface area contributed by atoms with Crippen molar-refractivity contribution in [1.82, 2.24) is 19.7 Å². The molecule has 2 N–H and O–H groups in total. The Labute approximate surface area is 105 Å². The standard InChI is InChI=1S/C11H7ClN4O2/c12-6-1-2-7-8(3-6)15-11(18)9(10(7)17)16-5-13-4-14-16/h1-5H,(H2,15,17,18). The second-order valence-corrected chi connectivity index (χ2v) is 4.12. The number of pyridine rings is 1. The molecule has 0 fully saturated rings. The zero-order chi connectivity index (χ0) is 12.7. The first-order valence-corrected chi connectivity index (χ1v) is 5.44. The van der Waals surface area contributed by atoms with E-state index in [9.17, 15) is 9.90 Å². The smallest absolute Gasteiger partial charge is 0.278 e. The van der Waals surface area contributed by atoms with E-state index in [4.69, 9.17) is 11.6 Å². The molecule has 0 aliphatic heterocycles. The van der Waals surface area contributed by atoms with Crippen molar-refractivity contribution in [2.75, 3.05) is 0 Å². The van der Waals surface area contributed by atoms with Crippen molar-refractivity contribution < 1.29 is 5.11 Å². The van der Waals surface area contributed by atoms with Crippen LogP contribution in [0.25, 0.3) is 16.6 Å². The molecular formula is C11H7ClN4O2. The number of aromatic amines is 1. The molecule has 18 heavy (non-hydrogen) atoms. The van der Waals surface area contributed by atoms with Crippen LogP contribution in [0.15, 0.2) is 35.6 Å². The second-order valence-electron chi connectivity index (χ2n) is 3.68. The minimum Gasteiger partial charge on any atom is -0.505 e. The lowest BCUT2D eigenvalue weighted by atomic mass is 10.2. The number of benzene rings is 1. The fourth-order valence-electron chi connectivity index (χ4n) is 1.78. The molecule has 0 saturated carbocycles. The van der Waals surface area contributed by atoms with E-state index in [1.54, 1.807) is 18.2 Å². The number of fused-ring (bicyclic) bond motifs is 1. The quantitative estimate of drug-likeness (QED) is 0.695. The highest BCUT2D eigenvalue weighted by Crippen LogP contribution is 2.28. The van der Waals surface area contributed by atoms with Gasteiger partial charge in [-0.15, -0.1) is 0 Å². The average molecular weight is 263 g/mol. The summed E-state index contributed by atoms with van der Waals surface area (Å²) in [6, 6.07) is 4.83. The Morgan fingerprint density at radius 3 is 2.94 bits per heavy atom. The Balaban J connectivity index is 2.41. The Morgan fingerprint density at radius 2 is 2.22 bits per heavy atom. The lowest BCUT2D eigenvalue weighted by Crippen LogP contribution is -2.15. The fourth-order valence-corrected chi connectivity index (χ4v) is 1.95. The van der Waals surface area contributed by atoms with E-state index in [-0.39, 0.29) is 11.4 Å². The molecule has 0 aliphatic carbocycles. The summed E-state index contributed by atoms with van der Waals surface area (Å²) in [6.45, 7) is 0. The van der Waals surface area contributed by atoms with Gasteiger partial charge < -0.3 is 10.1 Å². The third kappa shape index (κ3) is 1.54. The summed E-state index contributed by atoms with van der Waals surface area (Å²) in [5.41, 5.74) is 0.0314. The van der Waals surface area contributed by atoms with E-state index in [0.29, 0.717) is 15.9 Å². The Bertz CT molecular complexity index is 780. The van der Waals surface area contributed by atoms with Gasteiger partial charge in [-0.3, -0.25) is 4.79 Å². The van der Waals surface area contributed by atoms with Gasteiger partial charge >= 0.3 is 0 Å². The van der Waals surface area contributed by atoms with E-state index in [1.807, 2.05) is 0 Å². The summed E-state index contributed by atoms with van der Waals surface area (Å²) in [4.78, 5) is 18.3. The van der Waals surface area contributed by atoms with E-state index in [2.05, 4.69) is 15.1 Å². The molecule has 1 aromatic carbocycles. The molecule has 0 amide bonds. The molecule has 0 spiro atoms. The lowest BCUT2D eigenvalue weighted by molar-refractivity contribution is 0.475. The van der Waals surface area contributed by atoms with Crippen LogP contribution in [-0.4, -0.2) is 24.9 Å². The fraction of sp³-hybridized carbons (Fsp3) is 0. The SMILES string of the molecule is O=c1[nH]c2cc(Cl)ccc2c(O)c1-n1cncn1. The lowest BCUT2D eigenvalue weighted by Gasteiger charge is -2.06. The first-order chi connectivity index (χ1) is 8.66. The molecule has 0 atom stereocenters. The summed E-state index contributed by atoms with van der Waals surface area (Å²) >= 11 is 5.83. The number of aromatic nitrogens is 4. The average Bonchev–Trinajstić information content (AvgIpc) is 2.82. The van der Waals surface area contributed by atoms with Gasteiger partial charge in [-0.2, -0.15) is 5.10 Å². The van der Waals surface area contributed by atoms with Crippen molar-refractivity contribution in [3.8, 4) is 11.4 Å². The molecule has 90 valence electrons. The summed E-state index contributed by atoms with van der Waals surface area (Å²) in [7, 11) is 0. The Morgan fingerprint density at radius 1 is 1.39 bits per heavy atom. The highest BCUT2D eigenvalue weighted by atomic mass is 35.5. The predicted molar refractivity (Wildman–Crippen MR) is 66.2 cm³/mol. The van der Waals surface area contributed by atoms with Crippen LogP contribution in [0, 0.1) is 0 Å². The molecule has 2 heterocycles. The third-order valence-corrected chi connectivity index (χ3v) is 2.81. The number of hydrogen-bond donors (Lipinski definition) is 2. The van der Waals surface area contributed by atoms with Crippen LogP contribution in [0.1, 0.15) is 0 Å². The number of rotatable bonds is 1. The molecule has 6 nitrogen and oxygen atoms in total. The zero-order valence-corrected chi connectivity index (χ0v) is 9.72. The van der Waals surface area contributed by atoms with Crippen LogP contribution in [0.4, 0.5) is 0 Å². The van der Waals surface area contributed by atoms with Crippen LogP contribution in [0.3, 0.4) is 0 Å². The van der Waals surface area contributed by atoms with E-state index >= 15 is 0 Å². The summed E-state index contributed by atoms with van der Waals surface area (Å²) in [5.74, 6) is -0.157. The minimum absolute atomic E-state index is 0.0299. The molecule has 3 rings (SSSR count). The summed E-state index contributed by atoms with van der Waals surface area (Å²) in [6.07, 6.45) is 2.62. The zero-order valence-electron chi connectivity index (χ0n) is 8.96. The summed E-state index contributed by atoms with van der Waals surface area (Å²) < 4.78 is 1.21. The van der Waals surface area contributed by atoms with Crippen LogP contribution in [0.5, 0.6) is 5.75 Å². The van der Waals surface area contributed by atoms with Crippen LogP contribution >= 0.6 is 11.6 Å². The number of nitrogens with one attached hydrogen (secondary N) is 1. The predicted octanol–water partition coefficient (Wildman–Crippen LogP) is 1.47. The molecule has 0 aliphatic rings. The number of nitrogens with zero attached hydrogens (tertiary/aromatic N) is 3. The highest BCUT2D eigenvalue weighted by Gasteiger charge is 2.14. The van der Waals surface area contributed by atoms with Crippen molar-refractivity contribution in [3.05, 3.63) is 46.2 Å². The maximum atomic E-state index is 11.9. The Kier molecular flexibility index (Phi) is 2.31. The maximum absolute atomic E-state index is 11.9. The van der Waals surface area contributed by atoms with Gasteiger partial charge in [-0.25, -0.2) is 9.67 Å². The van der Waals surface area contributed by atoms with Gasteiger partial charge in [-0.1, -0.05) is 11.6 Å². The molecular weight excluding hydrogens is 256 g/mol. The molecule has 0 bridgehead atoms. The van der Waals surface area contributed by atoms with Gasteiger partial charge in [0.1, 0.15) is 12.7 Å². The second kappa shape index (κ2) is 3.85. The van der Waals surface area contributed by atoms with Crippen molar-refractivity contribution in [2.24, 2.45) is 0 Å². The number of hydrogen-bond acceptors (Lipinski definition) is 4.